The van der Waals surface area contributed by atoms with Crippen LogP contribution in [-0.2, 0) is 6.54 Å². The summed E-state index contributed by atoms with van der Waals surface area (Å²) in [5.41, 5.74) is 4.82. The van der Waals surface area contributed by atoms with Crippen molar-refractivity contribution in [1.82, 2.24) is 19.7 Å². The molecule has 0 radical (unpaired) electrons. The standard InChI is InChI=1S/C22H31N5OS/c1-7-25(8-2)10-11-26(21(28)19-14-17(6)27(9-3)24-19)22-23-18-13-15(4)12-16(5)20(18)29-22/h12-14H,7-11H2,1-6H3. The van der Waals surface area contributed by atoms with Gasteiger partial charge in [0.1, 0.15) is 0 Å². The van der Waals surface area contributed by atoms with Crippen molar-refractivity contribution in [2.75, 3.05) is 31.1 Å². The zero-order valence-electron chi connectivity index (χ0n) is 18.3. The second-order valence-corrected chi connectivity index (χ2v) is 8.37. The van der Waals surface area contributed by atoms with Crippen molar-refractivity contribution in [3.05, 3.63) is 40.7 Å². The van der Waals surface area contributed by atoms with Gasteiger partial charge < -0.3 is 4.90 Å². The summed E-state index contributed by atoms with van der Waals surface area (Å²) >= 11 is 1.59. The number of thiazole rings is 1. The lowest BCUT2D eigenvalue weighted by Crippen LogP contribution is -2.39. The third-order valence-corrected chi connectivity index (χ3v) is 6.55. The van der Waals surface area contributed by atoms with Crippen LogP contribution in [0.4, 0.5) is 5.13 Å². The molecule has 0 bridgehead atoms. The van der Waals surface area contributed by atoms with Crippen molar-refractivity contribution in [3.63, 3.8) is 0 Å². The van der Waals surface area contributed by atoms with E-state index in [1.54, 1.807) is 16.2 Å². The van der Waals surface area contributed by atoms with Crippen LogP contribution in [0.1, 0.15) is 48.1 Å². The van der Waals surface area contributed by atoms with Crippen LogP contribution in [0.15, 0.2) is 18.2 Å². The first-order valence-corrected chi connectivity index (χ1v) is 11.2. The number of amides is 1. The average molecular weight is 414 g/mol. The largest absolute Gasteiger partial charge is 0.302 e. The van der Waals surface area contributed by atoms with Crippen LogP contribution in [-0.4, -0.2) is 51.8 Å². The minimum absolute atomic E-state index is 0.0825. The zero-order chi connectivity index (χ0) is 21.1. The first-order chi connectivity index (χ1) is 13.9. The van der Waals surface area contributed by atoms with E-state index in [0.29, 0.717) is 12.2 Å². The maximum atomic E-state index is 13.4. The molecule has 6 nitrogen and oxygen atoms in total. The maximum Gasteiger partial charge on any atom is 0.280 e. The van der Waals surface area contributed by atoms with E-state index in [4.69, 9.17) is 4.98 Å². The molecule has 0 atom stereocenters. The molecule has 0 saturated carbocycles. The summed E-state index contributed by atoms with van der Waals surface area (Å²) in [6, 6.07) is 6.13. The average Bonchev–Trinajstić information content (AvgIpc) is 3.28. The number of aryl methyl sites for hydroxylation is 4. The zero-order valence-corrected chi connectivity index (χ0v) is 19.1. The Morgan fingerprint density at radius 2 is 1.79 bits per heavy atom. The van der Waals surface area contributed by atoms with Gasteiger partial charge in [0.2, 0.25) is 0 Å². The van der Waals surface area contributed by atoms with Crippen LogP contribution in [0.3, 0.4) is 0 Å². The molecule has 0 fully saturated rings. The van der Waals surface area contributed by atoms with E-state index in [2.05, 4.69) is 49.8 Å². The number of hydrogen-bond donors (Lipinski definition) is 0. The molecule has 2 heterocycles. The number of likely N-dealkylation sites (N-methyl/N-ethyl adjacent to an activating group) is 1. The summed E-state index contributed by atoms with van der Waals surface area (Å²) in [6.07, 6.45) is 0. The van der Waals surface area contributed by atoms with Crippen LogP contribution in [0.5, 0.6) is 0 Å². The van der Waals surface area contributed by atoms with Crippen LogP contribution >= 0.6 is 11.3 Å². The molecule has 0 aliphatic rings. The Balaban J connectivity index is 2.00. The number of hydrogen-bond acceptors (Lipinski definition) is 5. The van der Waals surface area contributed by atoms with Gasteiger partial charge in [-0.1, -0.05) is 31.3 Å². The number of nitrogens with zero attached hydrogens (tertiary/aromatic N) is 5. The highest BCUT2D eigenvalue weighted by Crippen LogP contribution is 2.32. The van der Waals surface area contributed by atoms with Crippen molar-refractivity contribution < 1.29 is 4.79 Å². The fourth-order valence-electron chi connectivity index (χ4n) is 3.62. The van der Waals surface area contributed by atoms with E-state index in [0.717, 1.165) is 47.2 Å². The van der Waals surface area contributed by atoms with E-state index >= 15 is 0 Å². The Morgan fingerprint density at radius 3 is 2.41 bits per heavy atom. The summed E-state index contributed by atoms with van der Waals surface area (Å²) < 4.78 is 3.00. The first kappa shape index (κ1) is 21.5. The van der Waals surface area contributed by atoms with Gasteiger partial charge in [-0.25, -0.2) is 4.98 Å². The molecule has 29 heavy (non-hydrogen) atoms. The number of aromatic nitrogens is 3. The lowest BCUT2D eigenvalue weighted by molar-refractivity contribution is 0.0978. The molecule has 1 amide bonds. The molecule has 0 aliphatic heterocycles. The molecule has 0 spiro atoms. The summed E-state index contributed by atoms with van der Waals surface area (Å²) in [6.45, 7) is 16.6. The fraction of sp³-hybridized carbons (Fsp3) is 0.500. The highest BCUT2D eigenvalue weighted by molar-refractivity contribution is 7.22. The smallest absolute Gasteiger partial charge is 0.280 e. The second kappa shape index (κ2) is 9.05. The molecule has 0 unspecified atom stereocenters. The van der Waals surface area contributed by atoms with Gasteiger partial charge in [-0.2, -0.15) is 5.10 Å². The molecule has 156 valence electrons. The van der Waals surface area contributed by atoms with Gasteiger partial charge in [0, 0.05) is 25.3 Å². The van der Waals surface area contributed by atoms with E-state index in [1.807, 2.05) is 24.6 Å². The van der Waals surface area contributed by atoms with Crippen molar-refractivity contribution in [1.29, 1.82) is 0 Å². The van der Waals surface area contributed by atoms with Crippen molar-refractivity contribution in [3.8, 4) is 0 Å². The molecular formula is C22H31N5OS. The van der Waals surface area contributed by atoms with Crippen LogP contribution < -0.4 is 4.90 Å². The Bertz CT molecular complexity index is 1000. The van der Waals surface area contributed by atoms with E-state index < -0.39 is 0 Å². The van der Waals surface area contributed by atoms with Crippen molar-refractivity contribution in [2.24, 2.45) is 0 Å². The number of anilines is 1. The Kier molecular flexibility index (Phi) is 6.70. The monoisotopic (exact) mass is 413 g/mol. The van der Waals surface area contributed by atoms with Gasteiger partial charge >= 0.3 is 0 Å². The third-order valence-electron chi connectivity index (χ3n) is 5.32. The van der Waals surface area contributed by atoms with E-state index in [1.165, 1.54) is 11.1 Å². The first-order valence-electron chi connectivity index (χ1n) is 10.3. The lowest BCUT2D eigenvalue weighted by atomic mass is 10.1. The minimum atomic E-state index is -0.0825. The van der Waals surface area contributed by atoms with E-state index in [9.17, 15) is 4.79 Å². The van der Waals surface area contributed by atoms with Crippen molar-refractivity contribution >= 4 is 32.6 Å². The molecule has 7 heteroatoms. The number of carbonyl (C=O) groups excluding carboxylic acids is 1. The summed E-state index contributed by atoms with van der Waals surface area (Å²) in [5, 5.41) is 5.26. The quantitative estimate of drug-likeness (QED) is 0.548. The number of carbonyl (C=O) groups is 1. The molecule has 0 N–H and O–H groups in total. The molecule has 0 aliphatic carbocycles. The van der Waals surface area contributed by atoms with Crippen LogP contribution in [0.25, 0.3) is 10.2 Å². The Morgan fingerprint density at radius 1 is 1.07 bits per heavy atom. The van der Waals surface area contributed by atoms with Crippen molar-refractivity contribution in [2.45, 2.75) is 48.1 Å². The highest BCUT2D eigenvalue weighted by Gasteiger charge is 2.24. The van der Waals surface area contributed by atoms with Gasteiger partial charge in [-0.15, -0.1) is 0 Å². The predicted molar refractivity (Wildman–Crippen MR) is 121 cm³/mol. The number of benzene rings is 1. The van der Waals surface area contributed by atoms with E-state index in [-0.39, 0.29) is 5.91 Å². The molecule has 3 aromatic rings. The van der Waals surface area contributed by atoms with Gasteiger partial charge in [-0.3, -0.25) is 14.4 Å². The fourth-order valence-corrected chi connectivity index (χ4v) is 4.66. The third kappa shape index (κ3) is 4.51. The Hall–Kier alpha value is -2.25. The number of fused-ring (bicyclic) bond motifs is 1. The number of rotatable bonds is 8. The topological polar surface area (TPSA) is 54.3 Å². The SMILES string of the molecule is CCN(CC)CCN(C(=O)c1cc(C)n(CC)n1)c1nc2cc(C)cc(C)c2s1. The molecule has 2 aromatic heterocycles. The molecule has 0 saturated heterocycles. The van der Waals surface area contributed by atoms with Gasteiger partial charge in [0.25, 0.3) is 5.91 Å². The van der Waals surface area contributed by atoms with Gasteiger partial charge in [0.15, 0.2) is 10.8 Å². The second-order valence-electron chi connectivity index (χ2n) is 7.40. The minimum Gasteiger partial charge on any atom is -0.302 e. The highest BCUT2D eigenvalue weighted by atomic mass is 32.1. The summed E-state index contributed by atoms with van der Waals surface area (Å²) in [5.74, 6) is -0.0825. The normalized spacial score (nSPS) is 11.6. The molecular weight excluding hydrogens is 382 g/mol. The predicted octanol–water partition coefficient (Wildman–Crippen LogP) is 4.43. The summed E-state index contributed by atoms with van der Waals surface area (Å²) in [4.78, 5) is 22.4. The van der Waals surface area contributed by atoms with Crippen LogP contribution in [0.2, 0.25) is 0 Å². The Labute approximate surface area is 177 Å². The molecule has 3 rings (SSSR count). The maximum absolute atomic E-state index is 13.4. The van der Waals surface area contributed by atoms with Gasteiger partial charge in [-0.05, 0) is 64.0 Å². The van der Waals surface area contributed by atoms with Gasteiger partial charge in [0.05, 0.1) is 10.2 Å². The lowest BCUT2D eigenvalue weighted by Gasteiger charge is -2.24. The molecule has 1 aromatic carbocycles. The summed E-state index contributed by atoms with van der Waals surface area (Å²) in [7, 11) is 0. The van der Waals surface area contributed by atoms with Crippen LogP contribution in [0, 0.1) is 20.8 Å².